The van der Waals surface area contributed by atoms with Crippen molar-refractivity contribution in [2.45, 2.75) is 33.7 Å². The predicted octanol–water partition coefficient (Wildman–Crippen LogP) is 4.09. The Kier molecular flexibility index (Phi) is 6.93. The molecule has 1 N–H and O–H groups in total. The molecule has 0 saturated heterocycles. The molecule has 0 amide bonds. The van der Waals surface area contributed by atoms with Crippen LogP contribution in [0, 0.1) is 11.7 Å². The van der Waals surface area contributed by atoms with Gasteiger partial charge in [-0.25, -0.2) is 14.4 Å². The molecule has 0 unspecified atom stereocenters. The van der Waals surface area contributed by atoms with Crippen molar-refractivity contribution in [3.8, 4) is 11.1 Å². The van der Waals surface area contributed by atoms with Gasteiger partial charge >= 0.3 is 0 Å². The van der Waals surface area contributed by atoms with E-state index in [9.17, 15) is 9.18 Å². The van der Waals surface area contributed by atoms with Crippen molar-refractivity contribution < 1.29 is 9.13 Å². The Morgan fingerprint density at radius 3 is 2.62 bits per heavy atom. The molecule has 1 aromatic carbocycles. The summed E-state index contributed by atoms with van der Waals surface area (Å²) in [6, 6.07) is 8.06. The Bertz CT molecular complexity index is 1020. The summed E-state index contributed by atoms with van der Waals surface area (Å²) < 4.78 is 20.5. The molecule has 0 radical (unpaired) electrons. The van der Waals surface area contributed by atoms with Crippen molar-refractivity contribution >= 4 is 17.0 Å². The number of ether oxygens (including phenoxy) is 1. The summed E-state index contributed by atoms with van der Waals surface area (Å²) in [5.74, 6) is 0.376. The highest BCUT2D eigenvalue weighted by atomic mass is 19.1. The van der Waals surface area contributed by atoms with Gasteiger partial charge in [0.1, 0.15) is 5.82 Å². The van der Waals surface area contributed by atoms with E-state index in [1.54, 1.807) is 22.9 Å². The first-order valence-electron chi connectivity index (χ1n) is 9.97. The lowest BCUT2D eigenvalue weighted by Crippen LogP contribution is -2.28. The normalized spacial score (nSPS) is 11.3. The maximum Gasteiger partial charge on any atom is 0.293 e. The Labute approximate surface area is 169 Å². The van der Waals surface area contributed by atoms with Gasteiger partial charge in [-0.05, 0) is 36.1 Å². The number of rotatable bonds is 9. The lowest BCUT2D eigenvalue weighted by atomic mass is 10.1. The van der Waals surface area contributed by atoms with Crippen LogP contribution in [0.2, 0.25) is 0 Å². The van der Waals surface area contributed by atoms with Crippen LogP contribution >= 0.6 is 0 Å². The number of benzene rings is 1. The molecule has 0 saturated carbocycles. The van der Waals surface area contributed by atoms with Crippen molar-refractivity contribution in [2.75, 3.05) is 25.1 Å². The molecular weight excluding hydrogens is 371 g/mol. The van der Waals surface area contributed by atoms with Gasteiger partial charge in [0.05, 0.1) is 12.1 Å². The Balaban J connectivity index is 2.05. The lowest BCUT2D eigenvalue weighted by Gasteiger charge is -2.14. The monoisotopic (exact) mass is 398 g/mol. The molecular formula is C22H27FN4O2. The van der Waals surface area contributed by atoms with E-state index < -0.39 is 0 Å². The van der Waals surface area contributed by atoms with Gasteiger partial charge in [0, 0.05) is 31.5 Å². The summed E-state index contributed by atoms with van der Waals surface area (Å²) >= 11 is 0. The summed E-state index contributed by atoms with van der Waals surface area (Å²) in [4.78, 5) is 22.0. The number of pyridine rings is 1. The molecule has 0 spiro atoms. The topological polar surface area (TPSA) is 69.0 Å². The average molecular weight is 398 g/mol. The number of nitrogens with zero attached hydrogens (tertiary/aromatic N) is 3. The SMILES string of the molecule is CCCOCCn1c(=O)c(NCC(C)C)nc2ncc(-c3ccc(F)cc3)cc21. The van der Waals surface area contributed by atoms with Gasteiger partial charge in [-0.2, -0.15) is 0 Å². The maximum absolute atomic E-state index is 13.3. The minimum absolute atomic E-state index is 0.198. The smallest absolute Gasteiger partial charge is 0.293 e. The van der Waals surface area contributed by atoms with Crippen molar-refractivity contribution in [1.82, 2.24) is 14.5 Å². The molecule has 7 heteroatoms. The zero-order valence-corrected chi connectivity index (χ0v) is 17.1. The lowest BCUT2D eigenvalue weighted by molar-refractivity contribution is 0.127. The minimum Gasteiger partial charge on any atom is -0.380 e. The van der Waals surface area contributed by atoms with E-state index in [4.69, 9.17) is 4.74 Å². The van der Waals surface area contributed by atoms with Crippen molar-refractivity contribution in [1.29, 1.82) is 0 Å². The minimum atomic E-state index is -0.296. The van der Waals surface area contributed by atoms with E-state index in [2.05, 4.69) is 29.1 Å². The molecule has 0 aliphatic heterocycles. The molecule has 2 aromatic heterocycles. The van der Waals surface area contributed by atoms with E-state index in [0.29, 0.717) is 49.2 Å². The van der Waals surface area contributed by atoms with Crippen LogP contribution in [0.3, 0.4) is 0 Å². The number of aromatic nitrogens is 3. The van der Waals surface area contributed by atoms with Gasteiger partial charge in [0.25, 0.3) is 5.56 Å². The van der Waals surface area contributed by atoms with Crippen LogP contribution < -0.4 is 10.9 Å². The molecule has 0 aliphatic carbocycles. The Hall–Kier alpha value is -2.80. The molecule has 154 valence electrons. The van der Waals surface area contributed by atoms with E-state index in [0.717, 1.165) is 17.5 Å². The third-order valence-corrected chi connectivity index (χ3v) is 4.47. The molecule has 0 aliphatic rings. The Morgan fingerprint density at radius 2 is 1.93 bits per heavy atom. The van der Waals surface area contributed by atoms with Crippen LogP contribution in [-0.2, 0) is 11.3 Å². The highest BCUT2D eigenvalue weighted by Crippen LogP contribution is 2.22. The number of fused-ring (bicyclic) bond motifs is 1. The van der Waals surface area contributed by atoms with Gasteiger partial charge in [-0.15, -0.1) is 0 Å². The number of anilines is 1. The predicted molar refractivity (Wildman–Crippen MR) is 114 cm³/mol. The molecule has 0 fully saturated rings. The summed E-state index contributed by atoms with van der Waals surface area (Å²) in [7, 11) is 0. The van der Waals surface area contributed by atoms with Crippen LogP contribution in [0.5, 0.6) is 0 Å². The second kappa shape index (κ2) is 9.60. The van der Waals surface area contributed by atoms with Gasteiger partial charge in [-0.1, -0.05) is 32.9 Å². The maximum atomic E-state index is 13.3. The quantitative estimate of drug-likeness (QED) is 0.550. The van der Waals surface area contributed by atoms with Crippen LogP contribution in [0.1, 0.15) is 27.2 Å². The van der Waals surface area contributed by atoms with Crippen LogP contribution in [-0.4, -0.2) is 34.3 Å². The summed E-state index contributed by atoms with van der Waals surface area (Å²) in [6.07, 6.45) is 2.61. The van der Waals surface area contributed by atoms with Gasteiger partial charge < -0.3 is 10.1 Å². The number of halogens is 1. The van der Waals surface area contributed by atoms with Crippen LogP contribution in [0.15, 0.2) is 41.3 Å². The van der Waals surface area contributed by atoms with Crippen molar-refractivity contribution in [3.63, 3.8) is 0 Å². The third kappa shape index (κ3) is 5.17. The van der Waals surface area contributed by atoms with Gasteiger partial charge in [-0.3, -0.25) is 9.36 Å². The third-order valence-electron chi connectivity index (χ3n) is 4.47. The molecule has 3 rings (SSSR count). The van der Waals surface area contributed by atoms with Crippen LogP contribution in [0.25, 0.3) is 22.3 Å². The first-order valence-corrected chi connectivity index (χ1v) is 9.97. The van der Waals surface area contributed by atoms with Crippen molar-refractivity contribution in [2.24, 2.45) is 5.92 Å². The Morgan fingerprint density at radius 1 is 1.17 bits per heavy atom. The average Bonchev–Trinajstić information content (AvgIpc) is 2.71. The van der Waals surface area contributed by atoms with Gasteiger partial charge in [0.2, 0.25) is 0 Å². The molecule has 2 heterocycles. The van der Waals surface area contributed by atoms with E-state index >= 15 is 0 Å². The first kappa shape index (κ1) is 20.9. The summed E-state index contributed by atoms with van der Waals surface area (Å²) in [5, 5.41) is 3.13. The molecule has 6 nitrogen and oxygen atoms in total. The van der Waals surface area contributed by atoms with E-state index in [-0.39, 0.29) is 11.4 Å². The van der Waals surface area contributed by atoms with Crippen LogP contribution in [0.4, 0.5) is 10.2 Å². The highest BCUT2D eigenvalue weighted by Gasteiger charge is 2.13. The molecule has 0 bridgehead atoms. The van der Waals surface area contributed by atoms with Gasteiger partial charge in [0.15, 0.2) is 11.5 Å². The number of nitrogens with one attached hydrogen (secondary N) is 1. The largest absolute Gasteiger partial charge is 0.380 e. The fourth-order valence-corrected chi connectivity index (χ4v) is 2.96. The molecule has 3 aromatic rings. The number of hydrogen-bond donors (Lipinski definition) is 1. The molecule has 0 atom stereocenters. The number of hydrogen-bond acceptors (Lipinski definition) is 5. The second-order valence-corrected chi connectivity index (χ2v) is 7.38. The first-order chi connectivity index (χ1) is 14.0. The standard InChI is InChI=1S/C22H27FN4O2/c1-4-10-29-11-9-27-19-12-17(16-5-7-18(23)8-6-16)14-25-20(19)26-21(22(27)28)24-13-15(2)3/h5-8,12,14-15H,4,9-11,13H2,1-3H3,(H,24,25,26). The molecule has 29 heavy (non-hydrogen) atoms. The fourth-order valence-electron chi connectivity index (χ4n) is 2.96. The second-order valence-electron chi connectivity index (χ2n) is 7.38. The van der Waals surface area contributed by atoms with E-state index in [1.165, 1.54) is 12.1 Å². The zero-order valence-electron chi connectivity index (χ0n) is 17.1. The summed E-state index contributed by atoms with van der Waals surface area (Å²) in [6.45, 7) is 8.31. The fraction of sp³-hybridized carbons (Fsp3) is 0.409. The van der Waals surface area contributed by atoms with Crippen molar-refractivity contribution in [3.05, 3.63) is 52.7 Å². The zero-order chi connectivity index (χ0) is 20.8. The highest BCUT2D eigenvalue weighted by molar-refractivity contribution is 5.79. The summed E-state index contributed by atoms with van der Waals surface area (Å²) in [5.41, 5.74) is 2.54. The van der Waals surface area contributed by atoms with E-state index in [1.807, 2.05) is 13.0 Å².